The van der Waals surface area contributed by atoms with Crippen LogP contribution in [0.1, 0.15) is 107 Å². The minimum absolute atomic E-state index is 0.0204. The second-order valence-electron chi connectivity index (χ2n) is 26.2. The van der Waals surface area contributed by atoms with Gasteiger partial charge in [0.2, 0.25) is 0 Å². The highest BCUT2D eigenvalue weighted by Crippen LogP contribution is 2.75. The fraction of sp³-hybridized carbons (Fsp3) is 0.964. The Labute approximate surface area is 461 Å². The zero-order valence-corrected chi connectivity index (χ0v) is 46.8. The summed E-state index contributed by atoms with van der Waals surface area (Å²) in [5, 5.41) is 172. The van der Waals surface area contributed by atoms with Crippen LogP contribution >= 0.6 is 0 Å². The van der Waals surface area contributed by atoms with E-state index in [2.05, 4.69) is 47.6 Å². The van der Waals surface area contributed by atoms with Crippen molar-refractivity contribution in [2.75, 3.05) is 33.0 Å². The summed E-state index contributed by atoms with van der Waals surface area (Å²) in [4.78, 5) is 0. The maximum absolute atomic E-state index is 12.7. The lowest BCUT2D eigenvalue weighted by Gasteiger charge is -2.67. The molecular weight excluding hydrogens is 1040 g/mol. The van der Waals surface area contributed by atoms with E-state index in [4.69, 9.17) is 37.9 Å². The third-order valence-electron chi connectivity index (χ3n) is 21.2. The van der Waals surface area contributed by atoms with E-state index in [1.165, 1.54) is 5.57 Å². The molecule has 0 aromatic rings. The van der Waals surface area contributed by atoms with Gasteiger partial charge in [-0.1, -0.05) is 53.2 Å². The Morgan fingerprint density at radius 3 is 1.70 bits per heavy atom. The Morgan fingerprint density at radius 1 is 0.595 bits per heavy atom. The van der Waals surface area contributed by atoms with Crippen molar-refractivity contribution in [2.24, 2.45) is 51.2 Å². The molecule has 79 heavy (non-hydrogen) atoms. The summed E-state index contributed by atoms with van der Waals surface area (Å²) in [7, 11) is 0. The molecular formula is C55H94O24. The first-order chi connectivity index (χ1) is 37.0. The van der Waals surface area contributed by atoms with Crippen LogP contribution in [0, 0.1) is 51.2 Å². The normalized spacial score (nSPS) is 50.9. The molecule has 0 bridgehead atoms. The number of hydrogen-bond acceptors (Lipinski definition) is 24. The second-order valence-corrected chi connectivity index (χ2v) is 26.2. The van der Waals surface area contributed by atoms with E-state index in [0.717, 1.165) is 19.3 Å². The zero-order chi connectivity index (χ0) is 58.2. The average Bonchev–Trinajstić information content (AvgIpc) is 3.82. The quantitative estimate of drug-likeness (QED) is 0.0609. The summed E-state index contributed by atoms with van der Waals surface area (Å²) in [6.45, 7) is 13.0. The van der Waals surface area contributed by atoms with Gasteiger partial charge in [-0.2, -0.15) is 0 Å². The standard InChI is InChI=1S/C55H94O24/c1-23(25-15-16-53(6)32-12-10-26-27(55(32,8)33(60)17-54(25,53)7)11-14-34(51(26,2)3)77-48-45(70)41(66)38(63)30(20-58)75-48)9-13-35(52(4,5)71)78-50-46(42(67)39(64)31(21-59)76-50)79-49-43(68)36(61)24(28(18-56)73-49)22-72-47-44(69)40(65)37(62)29(19-57)74-47/h10,23-25,27-50,56-71H,9,11-22H2,1-8H3/t23-,24-,25?,27?,28-,29-,30-,31-,32?,33-,34+,35-,36+,37-,38-,39-,40+,41+,42+,43-,44-,45-,46-,47+,48+,49+,50+,53+,54-,55+/m1/s1. The highest BCUT2D eigenvalue weighted by Gasteiger charge is 2.70. The van der Waals surface area contributed by atoms with Gasteiger partial charge < -0.3 is 120 Å². The molecule has 458 valence electrons. The maximum atomic E-state index is 12.7. The molecule has 4 aliphatic heterocycles. The van der Waals surface area contributed by atoms with Crippen LogP contribution in [0.2, 0.25) is 0 Å². The van der Waals surface area contributed by atoms with Gasteiger partial charge in [-0.15, -0.1) is 0 Å². The summed E-state index contributed by atoms with van der Waals surface area (Å²) in [6.07, 6.45) is -24.8. The molecule has 24 nitrogen and oxygen atoms in total. The third-order valence-corrected chi connectivity index (χ3v) is 21.2. The van der Waals surface area contributed by atoms with E-state index < -0.39 is 190 Å². The molecule has 4 heterocycles. The topological polar surface area (TPSA) is 398 Å². The van der Waals surface area contributed by atoms with E-state index in [1.807, 2.05) is 0 Å². The zero-order valence-electron chi connectivity index (χ0n) is 46.8. The lowest BCUT2D eigenvalue weighted by atomic mass is 9.38. The number of aliphatic hydroxyl groups excluding tert-OH is 15. The number of aliphatic hydroxyl groups is 16. The van der Waals surface area contributed by atoms with Crippen molar-refractivity contribution < 1.29 is 120 Å². The van der Waals surface area contributed by atoms with Gasteiger partial charge in [-0.25, -0.2) is 0 Å². The van der Waals surface area contributed by atoms with Crippen LogP contribution in [0.3, 0.4) is 0 Å². The first-order valence-electron chi connectivity index (χ1n) is 28.5. The molecule has 4 saturated heterocycles. The summed E-state index contributed by atoms with van der Waals surface area (Å²) < 4.78 is 47.7. The van der Waals surface area contributed by atoms with Crippen molar-refractivity contribution in [3.8, 4) is 0 Å². The molecule has 8 aliphatic rings. The van der Waals surface area contributed by atoms with Gasteiger partial charge in [0.25, 0.3) is 0 Å². The van der Waals surface area contributed by atoms with Crippen LogP contribution in [-0.4, -0.2) is 255 Å². The summed E-state index contributed by atoms with van der Waals surface area (Å²) in [5.74, 6) is -0.903. The second kappa shape index (κ2) is 24.3. The predicted molar refractivity (Wildman–Crippen MR) is 272 cm³/mol. The number of rotatable bonds is 18. The first-order valence-corrected chi connectivity index (χ1v) is 28.5. The minimum Gasteiger partial charge on any atom is -0.394 e. The van der Waals surface area contributed by atoms with Crippen LogP contribution in [0.4, 0.5) is 0 Å². The summed E-state index contributed by atoms with van der Waals surface area (Å²) in [6, 6.07) is 0. The highest BCUT2D eigenvalue weighted by molar-refractivity contribution is 5.32. The number of ether oxygens (including phenoxy) is 8. The lowest BCUT2D eigenvalue weighted by Crippen LogP contribution is -2.65. The van der Waals surface area contributed by atoms with Gasteiger partial charge in [0.15, 0.2) is 25.2 Å². The highest BCUT2D eigenvalue weighted by atomic mass is 16.8. The Morgan fingerprint density at radius 2 is 1.11 bits per heavy atom. The van der Waals surface area contributed by atoms with Crippen LogP contribution < -0.4 is 0 Å². The molecule has 7 fully saturated rings. The molecule has 30 atom stereocenters. The summed E-state index contributed by atoms with van der Waals surface area (Å²) in [5.41, 5.74) is -1.93. The molecule has 0 radical (unpaired) electrons. The van der Waals surface area contributed by atoms with Crippen molar-refractivity contribution >= 4 is 0 Å². The number of allylic oxidation sites excluding steroid dienone is 1. The van der Waals surface area contributed by atoms with Gasteiger partial charge in [0.1, 0.15) is 79.4 Å². The molecule has 0 aromatic carbocycles. The molecule has 0 amide bonds. The number of hydrogen-bond donors (Lipinski definition) is 16. The Hall–Kier alpha value is -1.22. The van der Waals surface area contributed by atoms with Gasteiger partial charge in [-0.3, -0.25) is 0 Å². The lowest BCUT2D eigenvalue weighted by molar-refractivity contribution is -0.376. The van der Waals surface area contributed by atoms with E-state index in [9.17, 15) is 81.7 Å². The fourth-order valence-electron chi connectivity index (χ4n) is 16.0. The predicted octanol–water partition coefficient (Wildman–Crippen LogP) is -2.98. The average molecular weight is 1140 g/mol. The van der Waals surface area contributed by atoms with Crippen molar-refractivity contribution in [1.29, 1.82) is 0 Å². The van der Waals surface area contributed by atoms with Gasteiger partial charge in [0.05, 0.1) is 69.2 Å². The van der Waals surface area contributed by atoms with E-state index in [-0.39, 0.29) is 40.9 Å². The first kappa shape index (κ1) is 63.8. The Balaban J connectivity index is 0.940. The van der Waals surface area contributed by atoms with Crippen LogP contribution in [0.15, 0.2) is 11.6 Å². The van der Waals surface area contributed by atoms with E-state index in [0.29, 0.717) is 25.7 Å². The third kappa shape index (κ3) is 11.3. The van der Waals surface area contributed by atoms with Gasteiger partial charge >= 0.3 is 0 Å². The molecule has 3 unspecified atom stereocenters. The molecule has 0 aromatic heterocycles. The Bertz CT molecular complexity index is 2040. The molecule has 0 spiro atoms. The van der Waals surface area contributed by atoms with Crippen LogP contribution in [0.5, 0.6) is 0 Å². The van der Waals surface area contributed by atoms with E-state index >= 15 is 0 Å². The monoisotopic (exact) mass is 1140 g/mol. The number of fused-ring (bicyclic) bond motifs is 5. The molecule has 3 saturated carbocycles. The molecule has 16 N–H and O–H groups in total. The molecule has 8 rings (SSSR count). The van der Waals surface area contributed by atoms with Crippen molar-refractivity contribution in [2.45, 2.75) is 247 Å². The fourth-order valence-corrected chi connectivity index (χ4v) is 16.0. The van der Waals surface area contributed by atoms with E-state index in [1.54, 1.807) is 13.8 Å². The van der Waals surface area contributed by atoms with Gasteiger partial charge in [-0.05, 0) is 99.7 Å². The summed E-state index contributed by atoms with van der Waals surface area (Å²) >= 11 is 0. The SMILES string of the molecule is C[C@H](CC[C@@H](O[C@@H]1O[C@H](CO)[C@@H](O)[C@H](O)[C@H]1O[C@@H]1O[C@H](CO)[C@@H](CO[C@H]2O[C@H](CO)[C@@H](O)[C@H](O)[C@H]2O)[C@H](O)[C@H]1O)C(C)(C)O)C1CC[C@@]2(C)C3CC=C4C(CC[C@H](O[C@@H]5O[C@H](CO)[C@@H](O)[C@H](O)[C@H]5O)C4(C)C)[C@]3(C)[C@H](O)C[C@]12C. The molecule has 4 aliphatic carbocycles. The Kier molecular flexibility index (Phi) is 19.6. The van der Waals surface area contributed by atoms with Crippen LogP contribution in [-0.2, 0) is 37.9 Å². The van der Waals surface area contributed by atoms with Gasteiger partial charge in [0, 0.05) is 16.7 Å². The van der Waals surface area contributed by atoms with Crippen LogP contribution in [0.25, 0.3) is 0 Å². The minimum atomic E-state index is -1.91. The van der Waals surface area contributed by atoms with Crippen molar-refractivity contribution in [3.05, 3.63) is 11.6 Å². The molecule has 24 heteroatoms. The smallest absolute Gasteiger partial charge is 0.187 e. The van der Waals surface area contributed by atoms with Crippen molar-refractivity contribution in [3.63, 3.8) is 0 Å². The van der Waals surface area contributed by atoms with Crippen molar-refractivity contribution in [1.82, 2.24) is 0 Å². The maximum Gasteiger partial charge on any atom is 0.187 e. The largest absolute Gasteiger partial charge is 0.394 e.